The Morgan fingerprint density at radius 2 is 1.85 bits per heavy atom. The molecule has 0 atom stereocenters. The maximum Gasteiger partial charge on any atom is 0.251 e. The van der Waals surface area contributed by atoms with Crippen molar-refractivity contribution in [3.8, 4) is 0 Å². The Morgan fingerprint density at radius 1 is 1.12 bits per heavy atom. The van der Waals surface area contributed by atoms with Crippen molar-refractivity contribution >= 4 is 15.9 Å². The molecule has 0 radical (unpaired) electrons. The normalized spacial score (nSPS) is 11.5. The van der Waals surface area contributed by atoms with Crippen molar-refractivity contribution in [1.29, 1.82) is 0 Å². The first-order valence-electron chi connectivity index (χ1n) is 8.31. The number of carbonyl (C=O) groups is 1. The Hall–Kier alpha value is -2.29. The largest absolute Gasteiger partial charge is 0.352 e. The molecule has 0 saturated heterocycles. The third kappa shape index (κ3) is 6.21. The van der Waals surface area contributed by atoms with Gasteiger partial charge in [-0.2, -0.15) is 0 Å². The third-order valence-corrected chi connectivity index (χ3v) is 5.08. The zero-order chi connectivity index (χ0) is 19.0. The first-order valence-corrected chi connectivity index (χ1v) is 9.79. The van der Waals surface area contributed by atoms with Crippen LogP contribution in [0.2, 0.25) is 0 Å². The number of rotatable bonds is 9. The predicted octanol–water partition coefficient (Wildman–Crippen LogP) is 1.24. The molecule has 7 nitrogen and oxygen atoms in total. The van der Waals surface area contributed by atoms with Crippen molar-refractivity contribution in [1.82, 2.24) is 19.9 Å². The summed E-state index contributed by atoms with van der Waals surface area (Å²) in [5.74, 6) is -0.214. The van der Waals surface area contributed by atoms with Gasteiger partial charge in [0.05, 0.1) is 17.1 Å². The lowest BCUT2D eigenvalue weighted by Gasteiger charge is -2.10. The molecular formula is C18H24N4O3S. The number of pyridine rings is 1. The highest BCUT2D eigenvalue weighted by Crippen LogP contribution is 2.11. The van der Waals surface area contributed by atoms with Crippen LogP contribution in [0.15, 0.2) is 53.6 Å². The fourth-order valence-electron chi connectivity index (χ4n) is 2.24. The molecule has 0 fully saturated rings. The van der Waals surface area contributed by atoms with E-state index in [1.165, 1.54) is 24.3 Å². The molecule has 0 aliphatic rings. The van der Waals surface area contributed by atoms with Crippen LogP contribution in [0, 0.1) is 0 Å². The number of nitrogens with one attached hydrogen (secondary N) is 2. The highest BCUT2D eigenvalue weighted by Gasteiger charge is 2.15. The number of aromatic nitrogens is 1. The number of carbonyl (C=O) groups excluding carboxylic acids is 1. The molecule has 0 unspecified atom stereocenters. The quantitative estimate of drug-likeness (QED) is 0.643. The molecule has 1 aromatic heterocycles. The monoisotopic (exact) mass is 376 g/mol. The highest BCUT2D eigenvalue weighted by atomic mass is 32.2. The van der Waals surface area contributed by atoms with Gasteiger partial charge in [-0.25, -0.2) is 13.1 Å². The van der Waals surface area contributed by atoms with Crippen LogP contribution in [0.3, 0.4) is 0 Å². The topological polar surface area (TPSA) is 91.4 Å². The number of sulfonamides is 1. The maximum atomic E-state index is 12.3. The summed E-state index contributed by atoms with van der Waals surface area (Å²) >= 11 is 0. The van der Waals surface area contributed by atoms with Crippen LogP contribution in [-0.2, 0) is 16.6 Å². The molecule has 0 saturated carbocycles. The van der Waals surface area contributed by atoms with E-state index in [1.807, 2.05) is 19.0 Å². The summed E-state index contributed by atoms with van der Waals surface area (Å²) in [6, 6.07) is 11.2. The molecule has 8 heteroatoms. The lowest BCUT2D eigenvalue weighted by atomic mass is 10.2. The first kappa shape index (κ1) is 20.0. The van der Waals surface area contributed by atoms with E-state index < -0.39 is 10.0 Å². The summed E-state index contributed by atoms with van der Waals surface area (Å²) in [6.45, 7) is 1.57. The molecule has 26 heavy (non-hydrogen) atoms. The van der Waals surface area contributed by atoms with E-state index in [2.05, 4.69) is 15.0 Å². The van der Waals surface area contributed by atoms with E-state index in [1.54, 1.807) is 24.4 Å². The summed E-state index contributed by atoms with van der Waals surface area (Å²) in [7, 11) is 0.292. The molecule has 0 bridgehead atoms. The van der Waals surface area contributed by atoms with Gasteiger partial charge in [0.1, 0.15) is 0 Å². The van der Waals surface area contributed by atoms with Crippen molar-refractivity contribution < 1.29 is 13.2 Å². The molecule has 1 heterocycles. The molecule has 2 aromatic rings. The standard InChI is InChI=1S/C18H24N4O3S/c1-22(2)13-5-12-20-18(23)15-7-9-17(10-8-15)26(24,25)21-14-16-6-3-4-11-19-16/h3-4,6-11,21H,5,12-14H2,1-2H3,(H,20,23). The van der Waals surface area contributed by atoms with Crippen molar-refractivity contribution in [2.24, 2.45) is 0 Å². The zero-order valence-corrected chi connectivity index (χ0v) is 15.8. The Balaban J connectivity index is 1.91. The minimum absolute atomic E-state index is 0.108. The summed E-state index contributed by atoms with van der Waals surface area (Å²) in [5.41, 5.74) is 1.06. The van der Waals surface area contributed by atoms with Crippen LogP contribution in [-0.4, -0.2) is 51.4 Å². The molecule has 0 spiro atoms. The fourth-order valence-corrected chi connectivity index (χ4v) is 3.24. The number of hydrogen-bond donors (Lipinski definition) is 2. The molecule has 140 valence electrons. The van der Waals surface area contributed by atoms with E-state index in [-0.39, 0.29) is 17.3 Å². The van der Waals surface area contributed by atoms with Crippen molar-refractivity contribution in [3.05, 3.63) is 59.9 Å². The highest BCUT2D eigenvalue weighted by molar-refractivity contribution is 7.89. The molecule has 1 amide bonds. The molecule has 1 aromatic carbocycles. The minimum atomic E-state index is -3.66. The van der Waals surface area contributed by atoms with Crippen LogP contribution >= 0.6 is 0 Å². The second kappa shape index (κ2) is 9.42. The van der Waals surface area contributed by atoms with Crippen molar-refractivity contribution in [2.75, 3.05) is 27.2 Å². The number of nitrogens with zero attached hydrogens (tertiary/aromatic N) is 2. The van der Waals surface area contributed by atoms with Crippen molar-refractivity contribution in [3.63, 3.8) is 0 Å². The van der Waals surface area contributed by atoms with E-state index in [9.17, 15) is 13.2 Å². The van der Waals surface area contributed by atoms with Gasteiger partial charge in [0.25, 0.3) is 5.91 Å². The lowest BCUT2D eigenvalue weighted by Crippen LogP contribution is -2.27. The van der Waals surface area contributed by atoms with E-state index in [4.69, 9.17) is 0 Å². The van der Waals surface area contributed by atoms with Gasteiger partial charge in [-0.05, 0) is 63.5 Å². The molecule has 2 rings (SSSR count). The average Bonchev–Trinajstić information content (AvgIpc) is 2.64. The smallest absolute Gasteiger partial charge is 0.251 e. The van der Waals surface area contributed by atoms with Gasteiger partial charge in [0.15, 0.2) is 0 Å². The Bertz CT molecular complexity index is 806. The van der Waals surface area contributed by atoms with Crippen LogP contribution in [0.25, 0.3) is 0 Å². The Labute approximate surface area is 154 Å². The SMILES string of the molecule is CN(C)CCCNC(=O)c1ccc(S(=O)(=O)NCc2ccccn2)cc1. The second-order valence-electron chi connectivity index (χ2n) is 6.08. The van der Waals surface area contributed by atoms with Gasteiger partial charge in [-0.15, -0.1) is 0 Å². The Morgan fingerprint density at radius 3 is 2.46 bits per heavy atom. The van der Waals surface area contributed by atoms with Gasteiger partial charge >= 0.3 is 0 Å². The molecule has 0 aliphatic heterocycles. The van der Waals surface area contributed by atoms with Crippen LogP contribution < -0.4 is 10.0 Å². The van der Waals surface area contributed by atoms with E-state index in [0.29, 0.717) is 17.8 Å². The van der Waals surface area contributed by atoms with Gasteiger partial charge in [-0.3, -0.25) is 9.78 Å². The lowest BCUT2D eigenvalue weighted by molar-refractivity contribution is 0.0952. The Kier molecular flexibility index (Phi) is 7.26. The van der Waals surface area contributed by atoms with Gasteiger partial charge < -0.3 is 10.2 Å². The number of benzene rings is 1. The van der Waals surface area contributed by atoms with Crippen LogP contribution in [0.4, 0.5) is 0 Å². The number of amides is 1. The van der Waals surface area contributed by atoms with Crippen LogP contribution in [0.5, 0.6) is 0 Å². The molecule has 2 N–H and O–H groups in total. The van der Waals surface area contributed by atoms with E-state index >= 15 is 0 Å². The average molecular weight is 376 g/mol. The van der Waals surface area contributed by atoms with Gasteiger partial charge in [0, 0.05) is 18.3 Å². The van der Waals surface area contributed by atoms with Crippen LogP contribution in [0.1, 0.15) is 22.5 Å². The third-order valence-electron chi connectivity index (χ3n) is 3.66. The van der Waals surface area contributed by atoms with Crippen molar-refractivity contribution in [2.45, 2.75) is 17.9 Å². The van der Waals surface area contributed by atoms with E-state index in [0.717, 1.165) is 13.0 Å². The zero-order valence-electron chi connectivity index (χ0n) is 15.0. The summed E-state index contributed by atoms with van der Waals surface area (Å²) < 4.78 is 27.1. The second-order valence-corrected chi connectivity index (χ2v) is 7.85. The summed E-state index contributed by atoms with van der Waals surface area (Å²) in [6.07, 6.45) is 2.46. The van der Waals surface area contributed by atoms with Gasteiger partial charge in [-0.1, -0.05) is 6.07 Å². The maximum absolute atomic E-state index is 12.3. The summed E-state index contributed by atoms with van der Waals surface area (Å²) in [5, 5.41) is 2.82. The minimum Gasteiger partial charge on any atom is -0.352 e. The van der Waals surface area contributed by atoms with Gasteiger partial charge in [0.2, 0.25) is 10.0 Å². The molecular weight excluding hydrogens is 352 g/mol. The predicted molar refractivity (Wildman–Crippen MR) is 100 cm³/mol. The summed E-state index contributed by atoms with van der Waals surface area (Å²) in [4.78, 5) is 18.3. The fraction of sp³-hybridized carbons (Fsp3) is 0.333. The number of hydrogen-bond acceptors (Lipinski definition) is 5. The molecule has 0 aliphatic carbocycles. The first-order chi connectivity index (χ1) is 12.4.